The van der Waals surface area contributed by atoms with Gasteiger partial charge in [-0.3, -0.25) is 9.44 Å². The summed E-state index contributed by atoms with van der Waals surface area (Å²) >= 11 is 6.02. The van der Waals surface area contributed by atoms with Crippen molar-refractivity contribution < 1.29 is 26.0 Å². The average Bonchev–Trinajstić information content (AvgIpc) is 2.71. The third-order valence-corrected chi connectivity index (χ3v) is 7.53. The van der Waals surface area contributed by atoms with Crippen LogP contribution in [-0.2, 0) is 20.0 Å². The van der Waals surface area contributed by atoms with Gasteiger partial charge in [0.05, 0.1) is 22.6 Å². The molecule has 0 atom stereocenters. The van der Waals surface area contributed by atoms with Crippen molar-refractivity contribution >= 4 is 43.0 Å². The molecule has 7 nitrogen and oxygen atoms in total. The summed E-state index contributed by atoms with van der Waals surface area (Å²) in [6.45, 7) is 1.68. The summed E-state index contributed by atoms with van der Waals surface area (Å²) in [6, 6.07) is 13.1. The summed E-state index contributed by atoms with van der Waals surface area (Å²) in [5.41, 5.74) is 1.04. The van der Waals surface area contributed by atoms with Gasteiger partial charge in [-0.2, -0.15) is 0 Å². The van der Waals surface area contributed by atoms with Crippen LogP contribution in [0.4, 0.5) is 15.8 Å². The number of benzene rings is 3. The van der Waals surface area contributed by atoms with Gasteiger partial charge >= 0.3 is 0 Å². The highest BCUT2D eigenvalue weighted by atomic mass is 35.5. The topological polar surface area (TPSA) is 102 Å². The minimum Gasteiger partial charge on any atom is -0.494 e. The van der Waals surface area contributed by atoms with Crippen LogP contribution in [0.15, 0.2) is 70.5 Å². The lowest BCUT2D eigenvalue weighted by Gasteiger charge is -2.13. The van der Waals surface area contributed by atoms with Gasteiger partial charge in [-0.05, 0) is 61.0 Å². The van der Waals surface area contributed by atoms with E-state index in [4.69, 9.17) is 16.3 Å². The molecule has 0 bridgehead atoms. The van der Waals surface area contributed by atoms with Gasteiger partial charge in [0, 0.05) is 16.8 Å². The van der Waals surface area contributed by atoms with Crippen LogP contribution < -0.4 is 14.2 Å². The highest BCUT2D eigenvalue weighted by molar-refractivity contribution is 7.93. The van der Waals surface area contributed by atoms with Crippen molar-refractivity contribution in [3.05, 3.63) is 77.1 Å². The predicted molar refractivity (Wildman–Crippen MR) is 117 cm³/mol. The molecule has 3 aromatic rings. The SMILES string of the molecule is COc1cc(S(=O)(=O)Nc2ccc(S(=O)(=O)Nc3cccc(Cl)c3C)cc2)ccc1F. The fourth-order valence-electron chi connectivity index (χ4n) is 2.65. The Balaban J connectivity index is 1.82. The number of rotatable bonds is 7. The third-order valence-electron chi connectivity index (χ3n) is 4.36. The summed E-state index contributed by atoms with van der Waals surface area (Å²) in [4.78, 5) is -0.279. The minimum absolute atomic E-state index is 0.0710. The number of methoxy groups -OCH3 is 1. The normalized spacial score (nSPS) is 11.7. The van der Waals surface area contributed by atoms with Gasteiger partial charge in [0.1, 0.15) is 0 Å². The first-order chi connectivity index (χ1) is 14.5. The van der Waals surface area contributed by atoms with Crippen LogP contribution in [0, 0.1) is 12.7 Å². The van der Waals surface area contributed by atoms with E-state index in [1.54, 1.807) is 25.1 Å². The number of hydrogen-bond donors (Lipinski definition) is 2. The Hall–Kier alpha value is -2.82. The van der Waals surface area contributed by atoms with Gasteiger partial charge in [-0.15, -0.1) is 0 Å². The summed E-state index contributed by atoms with van der Waals surface area (Å²) in [7, 11) is -6.75. The van der Waals surface area contributed by atoms with Crippen LogP contribution in [-0.4, -0.2) is 23.9 Å². The van der Waals surface area contributed by atoms with Gasteiger partial charge in [0.15, 0.2) is 11.6 Å². The summed E-state index contributed by atoms with van der Waals surface area (Å²) in [5.74, 6) is -0.912. The zero-order valence-corrected chi connectivity index (χ0v) is 18.8. The second-order valence-corrected chi connectivity index (χ2v) is 10.2. The Morgan fingerprint density at radius 1 is 0.871 bits per heavy atom. The second kappa shape index (κ2) is 8.74. The van der Waals surface area contributed by atoms with E-state index in [0.717, 1.165) is 18.2 Å². The number of nitrogens with one attached hydrogen (secondary N) is 2. The van der Waals surface area contributed by atoms with Crippen LogP contribution >= 0.6 is 11.6 Å². The molecule has 0 aliphatic rings. The highest BCUT2D eigenvalue weighted by Gasteiger charge is 2.19. The standard InChI is InChI=1S/C20H18ClFN2O5S2/c1-13-17(21)4-3-5-19(13)24-30(25,26)15-8-6-14(7-9-15)23-31(27,28)16-10-11-18(22)20(12-16)29-2/h3-12,23-24H,1-2H3. The molecule has 0 aromatic heterocycles. The quantitative estimate of drug-likeness (QED) is 0.517. The van der Waals surface area contributed by atoms with Crippen molar-refractivity contribution in [2.45, 2.75) is 16.7 Å². The van der Waals surface area contributed by atoms with Crippen molar-refractivity contribution in [3.63, 3.8) is 0 Å². The molecule has 3 rings (SSSR count). The maximum atomic E-state index is 13.5. The summed E-state index contributed by atoms with van der Waals surface area (Å²) < 4.78 is 73.5. The monoisotopic (exact) mass is 484 g/mol. The maximum Gasteiger partial charge on any atom is 0.262 e. The number of halogens is 2. The van der Waals surface area contributed by atoms with Crippen molar-refractivity contribution in [3.8, 4) is 5.75 Å². The first kappa shape index (κ1) is 22.9. The number of anilines is 2. The van der Waals surface area contributed by atoms with Gasteiger partial charge in [0.25, 0.3) is 20.0 Å². The lowest BCUT2D eigenvalue weighted by Crippen LogP contribution is -2.15. The molecule has 31 heavy (non-hydrogen) atoms. The van der Waals surface area contributed by atoms with E-state index >= 15 is 0 Å². The Morgan fingerprint density at radius 3 is 2.13 bits per heavy atom. The first-order valence-electron chi connectivity index (χ1n) is 8.78. The number of hydrogen-bond acceptors (Lipinski definition) is 5. The molecule has 3 aromatic carbocycles. The van der Waals surface area contributed by atoms with E-state index in [1.165, 1.54) is 31.4 Å². The molecule has 0 radical (unpaired) electrons. The van der Waals surface area contributed by atoms with E-state index in [2.05, 4.69) is 9.44 Å². The van der Waals surface area contributed by atoms with Crippen LogP contribution in [0.25, 0.3) is 0 Å². The van der Waals surface area contributed by atoms with Crippen molar-refractivity contribution in [1.82, 2.24) is 0 Å². The summed E-state index contributed by atoms with van der Waals surface area (Å²) in [6.07, 6.45) is 0. The lowest BCUT2D eigenvalue weighted by molar-refractivity contribution is 0.385. The van der Waals surface area contributed by atoms with Crippen molar-refractivity contribution in [2.24, 2.45) is 0 Å². The zero-order chi connectivity index (χ0) is 22.8. The van der Waals surface area contributed by atoms with Gasteiger partial charge in [-0.1, -0.05) is 17.7 Å². The highest BCUT2D eigenvalue weighted by Crippen LogP contribution is 2.27. The Kier molecular flexibility index (Phi) is 6.44. The molecule has 0 aliphatic carbocycles. The van der Waals surface area contributed by atoms with E-state index < -0.39 is 25.9 Å². The third kappa shape index (κ3) is 5.09. The molecule has 2 N–H and O–H groups in total. The lowest BCUT2D eigenvalue weighted by atomic mass is 10.2. The smallest absolute Gasteiger partial charge is 0.262 e. The van der Waals surface area contributed by atoms with Gasteiger partial charge in [-0.25, -0.2) is 21.2 Å². The Bertz CT molecular complexity index is 1330. The molecule has 0 amide bonds. The molecule has 0 aliphatic heterocycles. The second-order valence-electron chi connectivity index (χ2n) is 6.44. The molecule has 164 valence electrons. The van der Waals surface area contributed by atoms with E-state index in [0.29, 0.717) is 16.3 Å². The molecular weight excluding hydrogens is 467 g/mol. The Labute approximate surface area is 184 Å². The molecule has 0 saturated heterocycles. The largest absolute Gasteiger partial charge is 0.494 e. The van der Waals surface area contributed by atoms with E-state index in [9.17, 15) is 21.2 Å². The zero-order valence-electron chi connectivity index (χ0n) is 16.4. The Morgan fingerprint density at radius 2 is 1.48 bits per heavy atom. The number of sulfonamides is 2. The van der Waals surface area contributed by atoms with Crippen molar-refractivity contribution in [1.29, 1.82) is 0 Å². The van der Waals surface area contributed by atoms with E-state index in [1.807, 2.05) is 0 Å². The minimum atomic E-state index is -4.05. The average molecular weight is 485 g/mol. The van der Waals surface area contributed by atoms with E-state index in [-0.39, 0.29) is 21.2 Å². The maximum absolute atomic E-state index is 13.5. The molecule has 11 heteroatoms. The van der Waals surface area contributed by atoms with Crippen molar-refractivity contribution in [2.75, 3.05) is 16.6 Å². The molecule has 0 fully saturated rings. The predicted octanol–water partition coefficient (Wildman–Crippen LogP) is 4.40. The fraction of sp³-hybridized carbons (Fsp3) is 0.100. The molecule has 0 saturated carbocycles. The molecular formula is C20H18ClFN2O5S2. The molecule has 0 spiro atoms. The molecule has 0 heterocycles. The first-order valence-corrected chi connectivity index (χ1v) is 12.1. The van der Waals surface area contributed by atoms with Crippen LogP contribution in [0.2, 0.25) is 5.02 Å². The molecule has 0 unspecified atom stereocenters. The van der Waals surface area contributed by atoms with Gasteiger partial charge < -0.3 is 4.74 Å². The number of ether oxygens (including phenoxy) is 1. The fourth-order valence-corrected chi connectivity index (χ4v) is 5.02. The van der Waals surface area contributed by atoms with Gasteiger partial charge in [0.2, 0.25) is 0 Å². The van der Waals surface area contributed by atoms with Crippen LogP contribution in [0.1, 0.15) is 5.56 Å². The van der Waals surface area contributed by atoms with Crippen LogP contribution in [0.3, 0.4) is 0 Å². The summed E-state index contributed by atoms with van der Waals surface area (Å²) in [5, 5.41) is 0.419. The van der Waals surface area contributed by atoms with Crippen LogP contribution in [0.5, 0.6) is 5.75 Å².